The Morgan fingerprint density at radius 2 is 1.67 bits per heavy atom. The largest absolute Gasteiger partial charge is 0.464 e. The van der Waals surface area contributed by atoms with E-state index in [0.29, 0.717) is 6.61 Å². The lowest BCUT2D eigenvalue weighted by atomic mass is 10.1. The standard InChI is InChI=1S/C15H28O3/c1-4-5-6-7-8-9-10-11-12-13-18-14(16)15(2,3)17/h4-5,17H,6-13H2,1-3H3. The van der Waals surface area contributed by atoms with Crippen molar-refractivity contribution in [3.05, 3.63) is 12.2 Å². The fourth-order valence-corrected chi connectivity index (χ4v) is 1.58. The summed E-state index contributed by atoms with van der Waals surface area (Å²) in [7, 11) is 0. The van der Waals surface area contributed by atoms with E-state index in [2.05, 4.69) is 19.1 Å². The third kappa shape index (κ3) is 10.3. The molecule has 0 rings (SSSR count). The van der Waals surface area contributed by atoms with Crippen molar-refractivity contribution in [2.45, 2.75) is 71.3 Å². The number of hydrogen-bond donors (Lipinski definition) is 1. The van der Waals surface area contributed by atoms with Crippen molar-refractivity contribution in [1.29, 1.82) is 0 Å². The number of carbonyl (C=O) groups is 1. The van der Waals surface area contributed by atoms with Crippen LogP contribution in [0.5, 0.6) is 0 Å². The number of unbranched alkanes of at least 4 members (excludes halogenated alkanes) is 6. The van der Waals surface area contributed by atoms with E-state index in [9.17, 15) is 9.90 Å². The van der Waals surface area contributed by atoms with E-state index >= 15 is 0 Å². The van der Waals surface area contributed by atoms with Crippen molar-refractivity contribution in [2.75, 3.05) is 6.61 Å². The van der Waals surface area contributed by atoms with Gasteiger partial charge in [-0.25, -0.2) is 4.79 Å². The molecule has 0 radical (unpaired) electrons. The molecule has 0 aliphatic carbocycles. The number of esters is 1. The molecule has 0 unspecified atom stereocenters. The molecule has 0 bridgehead atoms. The van der Waals surface area contributed by atoms with Gasteiger partial charge in [-0.1, -0.05) is 37.8 Å². The summed E-state index contributed by atoms with van der Waals surface area (Å²) >= 11 is 0. The van der Waals surface area contributed by atoms with Gasteiger partial charge in [-0.2, -0.15) is 0 Å². The highest BCUT2D eigenvalue weighted by Crippen LogP contribution is 2.09. The van der Waals surface area contributed by atoms with Gasteiger partial charge in [-0.15, -0.1) is 0 Å². The maximum absolute atomic E-state index is 11.2. The molecule has 0 aromatic heterocycles. The van der Waals surface area contributed by atoms with E-state index in [-0.39, 0.29) is 0 Å². The first-order valence-corrected chi connectivity index (χ1v) is 6.99. The summed E-state index contributed by atoms with van der Waals surface area (Å²) in [5, 5.41) is 9.35. The van der Waals surface area contributed by atoms with Crippen LogP contribution in [0.25, 0.3) is 0 Å². The van der Waals surface area contributed by atoms with Gasteiger partial charge < -0.3 is 9.84 Å². The number of ether oxygens (including phenoxy) is 1. The summed E-state index contributed by atoms with van der Waals surface area (Å²) < 4.78 is 4.97. The molecule has 0 spiro atoms. The first-order valence-electron chi connectivity index (χ1n) is 6.99. The van der Waals surface area contributed by atoms with Gasteiger partial charge in [-0.05, 0) is 40.0 Å². The van der Waals surface area contributed by atoms with Gasteiger partial charge in [0, 0.05) is 0 Å². The number of rotatable bonds is 10. The Balaban J connectivity index is 3.24. The second-order valence-corrected chi connectivity index (χ2v) is 5.17. The molecule has 1 N–H and O–H groups in total. The van der Waals surface area contributed by atoms with Gasteiger partial charge >= 0.3 is 5.97 Å². The van der Waals surface area contributed by atoms with Gasteiger partial charge in [0.25, 0.3) is 0 Å². The SMILES string of the molecule is CC=CCCCCCCCCOC(=O)C(C)(C)O. The first-order chi connectivity index (χ1) is 8.48. The van der Waals surface area contributed by atoms with Crippen molar-refractivity contribution in [1.82, 2.24) is 0 Å². The van der Waals surface area contributed by atoms with Gasteiger partial charge in [0.15, 0.2) is 5.60 Å². The molecule has 0 aromatic rings. The molecule has 3 heteroatoms. The van der Waals surface area contributed by atoms with Crippen LogP contribution >= 0.6 is 0 Å². The molecule has 0 amide bonds. The lowest BCUT2D eigenvalue weighted by molar-refractivity contribution is -0.161. The smallest absolute Gasteiger partial charge is 0.337 e. The minimum atomic E-state index is -1.37. The fraction of sp³-hybridized carbons (Fsp3) is 0.800. The molecule has 0 saturated heterocycles. The highest BCUT2D eigenvalue weighted by molar-refractivity contribution is 5.78. The highest BCUT2D eigenvalue weighted by Gasteiger charge is 2.25. The Morgan fingerprint density at radius 3 is 2.22 bits per heavy atom. The zero-order chi connectivity index (χ0) is 13.9. The van der Waals surface area contributed by atoms with Crippen molar-refractivity contribution in [3.63, 3.8) is 0 Å². The Hall–Kier alpha value is -0.830. The van der Waals surface area contributed by atoms with Crippen LogP contribution in [-0.4, -0.2) is 23.3 Å². The quantitative estimate of drug-likeness (QED) is 0.369. The molecule has 0 aliphatic heterocycles. The minimum Gasteiger partial charge on any atom is -0.464 e. The van der Waals surface area contributed by atoms with Crippen LogP contribution in [0.3, 0.4) is 0 Å². The van der Waals surface area contributed by atoms with E-state index in [1.54, 1.807) is 0 Å². The molecule has 0 atom stereocenters. The Labute approximate surface area is 111 Å². The molecular formula is C15H28O3. The Bertz CT molecular complexity index is 239. The average Bonchev–Trinajstić information content (AvgIpc) is 2.30. The Kier molecular flexibility index (Phi) is 9.66. The third-order valence-corrected chi connectivity index (χ3v) is 2.73. The predicted octanol–water partition coefficient (Wildman–Crippen LogP) is 3.61. The van der Waals surface area contributed by atoms with Crippen LogP contribution < -0.4 is 0 Å². The fourth-order valence-electron chi connectivity index (χ4n) is 1.58. The summed E-state index contributed by atoms with van der Waals surface area (Å²) in [4.78, 5) is 11.2. The maximum Gasteiger partial charge on any atom is 0.337 e. The van der Waals surface area contributed by atoms with Crippen molar-refractivity contribution < 1.29 is 14.6 Å². The van der Waals surface area contributed by atoms with Gasteiger partial charge in [0.05, 0.1) is 6.61 Å². The van der Waals surface area contributed by atoms with E-state index < -0.39 is 11.6 Å². The summed E-state index contributed by atoms with van der Waals surface area (Å²) in [5.41, 5.74) is -1.37. The van der Waals surface area contributed by atoms with Crippen LogP contribution in [0.4, 0.5) is 0 Å². The molecule has 0 fully saturated rings. The van der Waals surface area contributed by atoms with Crippen molar-refractivity contribution in [3.8, 4) is 0 Å². The zero-order valence-corrected chi connectivity index (χ0v) is 12.1. The molecule has 0 saturated carbocycles. The predicted molar refractivity (Wildman–Crippen MR) is 74.4 cm³/mol. The number of carbonyl (C=O) groups excluding carboxylic acids is 1. The number of aliphatic hydroxyl groups is 1. The third-order valence-electron chi connectivity index (χ3n) is 2.73. The Morgan fingerprint density at radius 1 is 1.11 bits per heavy atom. The summed E-state index contributed by atoms with van der Waals surface area (Å²) in [6.07, 6.45) is 12.4. The van der Waals surface area contributed by atoms with Crippen LogP contribution in [-0.2, 0) is 9.53 Å². The lowest BCUT2D eigenvalue weighted by Crippen LogP contribution is -2.33. The van der Waals surface area contributed by atoms with E-state index in [4.69, 9.17) is 4.74 Å². The molecule has 0 aromatic carbocycles. The van der Waals surface area contributed by atoms with Crippen molar-refractivity contribution >= 4 is 5.97 Å². The molecular weight excluding hydrogens is 228 g/mol. The maximum atomic E-state index is 11.2. The summed E-state index contributed by atoms with van der Waals surface area (Å²) in [6.45, 7) is 5.36. The molecule has 18 heavy (non-hydrogen) atoms. The molecule has 0 aliphatic rings. The van der Waals surface area contributed by atoms with E-state index in [0.717, 1.165) is 12.8 Å². The lowest BCUT2D eigenvalue weighted by Gasteiger charge is -2.15. The van der Waals surface area contributed by atoms with Crippen LogP contribution in [0.1, 0.15) is 65.7 Å². The van der Waals surface area contributed by atoms with Gasteiger partial charge in [0.2, 0.25) is 0 Å². The second kappa shape index (κ2) is 10.1. The molecule has 0 heterocycles. The van der Waals surface area contributed by atoms with E-state index in [1.807, 2.05) is 0 Å². The van der Waals surface area contributed by atoms with Crippen LogP contribution in [0.15, 0.2) is 12.2 Å². The number of allylic oxidation sites excluding steroid dienone is 2. The minimum absolute atomic E-state index is 0.418. The van der Waals surface area contributed by atoms with Crippen LogP contribution in [0, 0.1) is 0 Å². The first kappa shape index (κ1) is 17.2. The molecule has 106 valence electrons. The zero-order valence-electron chi connectivity index (χ0n) is 12.1. The van der Waals surface area contributed by atoms with E-state index in [1.165, 1.54) is 46.0 Å². The highest BCUT2D eigenvalue weighted by atomic mass is 16.5. The summed E-state index contributed by atoms with van der Waals surface area (Å²) in [5.74, 6) is -0.533. The normalized spacial score (nSPS) is 12.0. The average molecular weight is 256 g/mol. The van der Waals surface area contributed by atoms with Gasteiger partial charge in [-0.3, -0.25) is 0 Å². The number of hydrogen-bond acceptors (Lipinski definition) is 3. The topological polar surface area (TPSA) is 46.5 Å². The van der Waals surface area contributed by atoms with Gasteiger partial charge in [0.1, 0.15) is 0 Å². The molecule has 3 nitrogen and oxygen atoms in total. The second-order valence-electron chi connectivity index (χ2n) is 5.17. The monoisotopic (exact) mass is 256 g/mol. The summed E-state index contributed by atoms with van der Waals surface area (Å²) in [6, 6.07) is 0. The van der Waals surface area contributed by atoms with Crippen LogP contribution in [0.2, 0.25) is 0 Å². The van der Waals surface area contributed by atoms with Crippen molar-refractivity contribution in [2.24, 2.45) is 0 Å².